The zero-order valence-corrected chi connectivity index (χ0v) is 17.7. The Morgan fingerprint density at radius 3 is 2.61 bits per heavy atom. The minimum atomic E-state index is -4.50. The number of alkyl halides is 3. The number of amides is 1. The number of likely N-dealkylation sites (tertiary alicyclic amines) is 1. The molecule has 9 heteroatoms. The highest BCUT2D eigenvalue weighted by Gasteiger charge is 2.36. The lowest BCUT2D eigenvalue weighted by atomic mass is 10.0. The maximum atomic E-state index is 13.6. The van der Waals surface area contributed by atoms with Crippen LogP contribution in [0.3, 0.4) is 0 Å². The molecule has 170 valence electrons. The average Bonchev–Trinajstić information content (AvgIpc) is 3.14. The molecule has 0 aliphatic carbocycles. The van der Waals surface area contributed by atoms with Gasteiger partial charge in [0.25, 0.3) is 0 Å². The van der Waals surface area contributed by atoms with Crippen LogP contribution >= 0.6 is 0 Å². The van der Waals surface area contributed by atoms with Crippen LogP contribution in [0.5, 0.6) is 0 Å². The van der Waals surface area contributed by atoms with Crippen molar-refractivity contribution in [2.75, 3.05) is 18.8 Å². The summed E-state index contributed by atoms with van der Waals surface area (Å²) in [4.78, 5) is 23.1. The SMILES string of the molecule is Nc1nc2cccc(C(F)(F)F)c2n1C1CCN(C(=O)Cc2ccc3ncccc3c2)CC1. The van der Waals surface area contributed by atoms with E-state index in [1.807, 2.05) is 30.3 Å². The topological polar surface area (TPSA) is 77.0 Å². The van der Waals surface area contributed by atoms with Crippen molar-refractivity contribution in [2.45, 2.75) is 31.5 Å². The molecule has 1 fully saturated rings. The molecule has 6 nitrogen and oxygen atoms in total. The van der Waals surface area contributed by atoms with E-state index < -0.39 is 11.7 Å². The number of para-hydroxylation sites is 1. The smallest absolute Gasteiger partial charge is 0.369 e. The zero-order valence-electron chi connectivity index (χ0n) is 17.7. The number of carbonyl (C=O) groups excluding carboxylic acids is 1. The van der Waals surface area contributed by atoms with Crippen molar-refractivity contribution >= 4 is 33.8 Å². The van der Waals surface area contributed by atoms with Crippen molar-refractivity contribution in [1.82, 2.24) is 19.4 Å². The molecule has 1 aliphatic rings. The van der Waals surface area contributed by atoms with E-state index in [1.165, 1.54) is 16.7 Å². The molecule has 0 atom stereocenters. The molecule has 1 saturated heterocycles. The number of hydrogen-bond donors (Lipinski definition) is 1. The van der Waals surface area contributed by atoms with Gasteiger partial charge in [-0.3, -0.25) is 9.78 Å². The highest BCUT2D eigenvalue weighted by atomic mass is 19.4. The third-order valence-electron chi connectivity index (χ3n) is 6.25. The van der Waals surface area contributed by atoms with E-state index in [0.717, 1.165) is 22.5 Å². The Balaban J connectivity index is 1.32. The summed E-state index contributed by atoms with van der Waals surface area (Å²) < 4.78 is 42.3. The van der Waals surface area contributed by atoms with E-state index in [2.05, 4.69) is 9.97 Å². The fraction of sp³-hybridized carbons (Fsp3) is 0.292. The lowest BCUT2D eigenvalue weighted by Gasteiger charge is -2.33. The highest BCUT2D eigenvalue weighted by Crippen LogP contribution is 2.38. The molecule has 0 spiro atoms. The number of pyridine rings is 1. The summed E-state index contributed by atoms with van der Waals surface area (Å²) in [7, 11) is 0. The fourth-order valence-electron chi connectivity index (χ4n) is 4.66. The van der Waals surface area contributed by atoms with Gasteiger partial charge in [0.1, 0.15) is 0 Å². The van der Waals surface area contributed by atoms with E-state index in [-0.39, 0.29) is 35.4 Å². The molecule has 0 unspecified atom stereocenters. The summed E-state index contributed by atoms with van der Waals surface area (Å²) in [6.07, 6.45) is -1.49. The first-order valence-electron chi connectivity index (χ1n) is 10.8. The normalized spacial score (nSPS) is 15.4. The number of imidazole rings is 1. The summed E-state index contributed by atoms with van der Waals surface area (Å²) in [5, 5.41) is 0.976. The van der Waals surface area contributed by atoms with Crippen LogP contribution < -0.4 is 5.73 Å². The number of nitrogens with two attached hydrogens (primary N) is 1. The van der Waals surface area contributed by atoms with Gasteiger partial charge in [-0.1, -0.05) is 18.2 Å². The molecular weight excluding hydrogens is 431 g/mol. The van der Waals surface area contributed by atoms with Crippen LogP contribution in [0, 0.1) is 0 Å². The lowest BCUT2D eigenvalue weighted by Crippen LogP contribution is -2.40. The third kappa shape index (κ3) is 3.99. The number of carbonyl (C=O) groups is 1. The fourth-order valence-corrected chi connectivity index (χ4v) is 4.66. The minimum absolute atomic E-state index is 0.00358. The van der Waals surface area contributed by atoms with Gasteiger partial charge in [-0.25, -0.2) is 4.98 Å². The van der Waals surface area contributed by atoms with Crippen molar-refractivity contribution in [1.29, 1.82) is 0 Å². The Morgan fingerprint density at radius 1 is 1.06 bits per heavy atom. The Bertz CT molecular complexity index is 1340. The number of rotatable bonds is 3. The number of fused-ring (bicyclic) bond motifs is 2. The molecule has 0 radical (unpaired) electrons. The highest BCUT2D eigenvalue weighted by molar-refractivity contribution is 5.84. The van der Waals surface area contributed by atoms with Crippen molar-refractivity contribution < 1.29 is 18.0 Å². The standard InChI is InChI=1S/C24H22F3N5O/c25-24(26,27)18-4-1-5-20-22(18)32(23(28)30-20)17-8-11-31(12-9-17)21(33)14-15-6-7-19-16(13-15)3-2-10-29-19/h1-7,10,13,17H,8-9,11-12,14H2,(H2,28,30). The second kappa shape index (κ2) is 8.06. The summed E-state index contributed by atoms with van der Waals surface area (Å²) in [6, 6.07) is 13.2. The largest absolute Gasteiger partial charge is 0.418 e. The van der Waals surface area contributed by atoms with Crippen molar-refractivity contribution in [3.8, 4) is 0 Å². The average molecular weight is 453 g/mol. The number of piperidine rings is 1. The number of halogens is 3. The second-order valence-corrected chi connectivity index (χ2v) is 8.33. The van der Waals surface area contributed by atoms with Crippen molar-refractivity contribution in [2.24, 2.45) is 0 Å². The van der Waals surface area contributed by atoms with Gasteiger partial charge in [0.05, 0.1) is 28.5 Å². The number of nitrogen functional groups attached to an aromatic ring is 1. The van der Waals surface area contributed by atoms with Crippen LogP contribution in [0.15, 0.2) is 54.7 Å². The maximum Gasteiger partial charge on any atom is 0.418 e. The monoisotopic (exact) mass is 453 g/mol. The molecule has 0 saturated carbocycles. The molecule has 5 rings (SSSR count). The molecule has 1 amide bonds. The van der Waals surface area contributed by atoms with E-state index in [0.29, 0.717) is 25.9 Å². The summed E-state index contributed by atoms with van der Waals surface area (Å²) in [6.45, 7) is 0.901. The van der Waals surface area contributed by atoms with E-state index in [9.17, 15) is 18.0 Å². The number of anilines is 1. The van der Waals surface area contributed by atoms with E-state index in [1.54, 1.807) is 11.1 Å². The molecule has 1 aliphatic heterocycles. The Labute approximate surface area is 187 Å². The lowest BCUT2D eigenvalue weighted by molar-refractivity contribution is -0.136. The van der Waals surface area contributed by atoms with Crippen LogP contribution in [-0.2, 0) is 17.4 Å². The summed E-state index contributed by atoms with van der Waals surface area (Å²) in [5.74, 6) is 0.0624. The summed E-state index contributed by atoms with van der Waals surface area (Å²) >= 11 is 0. The van der Waals surface area contributed by atoms with E-state index in [4.69, 9.17) is 5.73 Å². The number of benzene rings is 2. The number of aromatic nitrogens is 3. The second-order valence-electron chi connectivity index (χ2n) is 8.33. The quantitative estimate of drug-likeness (QED) is 0.492. The van der Waals surface area contributed by atoms with Gasteiger partial charge >= 0.3 is 6.18 Å². The predicted molar refractivity (Wildman–Crippen MR) is 119 cm³/mol. The van der Waals surface area contributed by atoms with Gasteiger partial charge in [-0.05, 0) is 48.7 Å². The van der Waals surface area contributed by atoms with Crippen LogP contribution in [-0.4, -0.2) is 38.4 Å². The van der Waals surface area contributed by atoms with Crippen LogP contribution in [0.1, 0.15) is 30.0 Å². The maximum absolute atomic E-state index is 13.6. The molecule has 2 N–H and O–H groups in total. The molecule has 2 aromatic carbocycles. The Kier molecular flexibility index (Phi) is 5.19. The van der Waals surface area contributed by atoms with Gasteiger partial charge < -0.3 is 15.2 Å². The molecular formula is C24H22F3N5O. The first-order valence-corrected chi connectivity index (χ1v) is 10.8. The van der Waals surface area contributed by atoms with Gasteiger partial charge in [0.15, 0.2) is 0 Å². The third-order valence-corrected chi connectivity index (χ3v) is 6.25. The van der Waals surface area contributed by atoms with Crippen molar-refractivity contribution in [3.63, 3.8) is 0 Å². The van der Waals surface area contributed by atoms with Crippen LogP contribution in [0.25, 0.3) is 21.9 Å². The van der Waals surface area contributed by atoms with Crippen LogP contribution in [0.2, 0.25) is 0 Å². The van der Waals surface area contributed by atoms with Crippen LogP contribution in [0.4, 0.5) is 19.1 Å². The van der Waals surface area contributed by atoms with Crippen molar-refractivity contribution in [3.05, 3.63) is 65.9 Å². The summed E-state index contributed by atoms with van der Waals surface area (Å²) in [5.41, 5.74) is 7.31. The zero-order chi connectivity index (χ0) is 23.2. The van der Waals surface area contributed by atoms with E-state index >= 15 is 0 Å². The van der Waals surface area contributed by atoms with Gasteiger partial charge in [-0.15, -0.1) is 0 Å². The van der Waals surface area contributed by atoms with Gasteiger partial charge in [-0.2, -0.15) is 13.2 Å². The number of nitrogens with zero attached hydrogens (tertiary/aromatic N) is 4. The molecule has 33 heavy (non-hydrogen) atoms. The predicted octanol–water partition coefficient (Wildman–Crippen LogP) is 4.59. The Hall–Kier alpha value is -3.62. The van der Waals surface area contributed by atoms with Gasteiger partial charge in [0, 0.05) is 30.7 Å². The first-order chi connectivity index (χ1) is 15.8. The molecule has 2 aromatic heterocycles. The molecule has 4 aromatic rings. The molecule has 0 bridgehead atoms. The first kappa shape index (κ1) is 21.2. The van der Waals surface area contributed by atoms with Gasteiger partial charge in [0.2, 0.25) is 11.9 Å². The number of hydrogen-bond acceptors (Lipinski definition) is 4. The Morgan fingerprint density at radius 2 is 1.85 bits per heavy atom. The minimum Gasteiger partial charge on any atom is -0.369 e. The molecule has 3 heterocycles.